The van der Waals surface area contributed by atoms with E-state index in [0.717, 1.165) is 34.6 Å². The van der Waals surface area contributed by atoms with Gasteiger partial charge in [0.15, 0.2) is 0 Å². The molecule has 3 rings (SSSR count). The fourth-order valence-corrected chi connectivity index (χ4v) is 2.42. The van der Waals surface area contributed by atoms with Gasteiger partial charge in [-0.2, -0.15) is 0 Å². The van der Waals surface area contributed by atoms with Crippen LogP contribution in [0, 0.1) is 0 Å². The second kappa shape index (κ2) is 6.50. The van der Waals surface area contributed by atoms with Crippen molar-refractivity contribution in [3.8, 4) is 22.5 Å². The van der Waals surface area contributed by atoms with Crippen LogP contribution in [0.1, 0.15) is 25.1 Å². The van der Waals surface area contributed by atoms with E-state index in [2.05, 4.69) is 11.9 Å². The average Bonchev–Trinajstić information content (AvgIpc) is 2.62. The second-order valence-electron chi connectivity index (χ2n) is 5.24. The summed E-state index contributed by atoms with van der Waals surface area (Å²) < 4.78 is 0. The summed E-state index contributed by atoms with van der Waals surface area (Å²) in [6.07, 6.45) is 2.64. The molecule has 1 atom stereocenters. The molecule has 0 radical (unpaired) electrons. The van der Waals surface area contributed by atoms with Crippen LogP contribution in [-0.2, 0) is 0 Å². The number of nitrogens with zero attached hydrogens (tertiary/aromatic N) is 2. The van der Waals surface area contributed by atoms with Gasteiger partial charge in [0.25, 0.3) is 0 Å². The van der Waals surface area contributed by atoms with Gasteiger partial charge >= 0.3 is 0 Å². The summed E-state index contributed by atoms with van der Waals surface area (Å²) >= 11 is 0. The maximum atomic E-state index is 6.22. The minimum absolute atomic E-state index is 0.104. The van der Waals surface area contributed by atoms with Crippen LogP contribution in [0.5, 0.6) is 0 Å². The Hall–Kier alpha value is -2.52. The molecule has 0 saturated heterocycles. The fourth-order valence-electron chi connectivity index (χ4n) is 2.42. The lowest BCUT2D eigenvalue weighted by atomic mass is 10.0. The third-order valence-corrected chi connectivity index (χ3v) is 3.71. The zero-order chi connectivity index (χ0) is 15.4. The van der Waals surface area contributed by atoms with Gasteiger partial charge in [0.1, 0.15) is 0 Å². The van der Waals surface area contributed by atoms with Crippen LogP contribution >= 0.6 is 0 Å². The molecule has 1 unspecified atom stereocenters. The summed E-state index contributed by atoms with van der Waals surface area (Å²) in [5, 5.41) is 0. The number of benzene rings is 2. The molecule has 3 nitrogen and oxygen atoms in total. The van der Waals surface area contributed by atoms with Crippen LogP contribution in [-0.4, -0.2) is 9.97 Å². The Balaban J connectivity index is 2.15. The Morgan fingerprint density at radius 3 is 2.09 bits per heavy atom. The quantitative estimate of drug-likeness (QED) is 0.782. The molecule has 0 amide bonds. The molecule has 0 fully saturated rings. The molecule has 0 aliphatic rings. The van der Waals surface area contributed by atoms with Crippen LogP contribution < -0.4 is 5.73 Å². The van der Waals surface area contributed by atoms with Crippen molar-refractivity contribution < 1.29 is 0 Å². The molecule has 110 valence electrons. The van der Waals surface area contributed by atoms with E-state index in [9.17, 15) is 0 Å². The monoisotopic (exact) mass is 289 g/mol. The molecule has 0 bridgehead atoms. The topological polar surface area (TPSA) is 51.8 Å². The minimum Gasteiger partial charge on any atom is -0.323 e. The molecule has 0 spiro atoms. The Labute approximate surface area is 130 Å². The number of aromatic nitrogens is 2. The standard InChI is InChI=1S/C19H19N3/c1-2-16(20)19-18(15-11-7-4-8-12-15)22-17(13-21-19)14-9-5-3-6-10-14/h3-13,16H,2,20H2,1H3. The summed E-state index contributed by atoms with van der Waals surface area (Å²) in [4.78, 5) is 9.45. The Kier molecular flexibility index (Phi) is 4.26. The molecule has 22 heavy (non-hydrogen) atoms. The molecule has 0 aliphatic carbocycles. The maximum absolute atomic E-state index is 6.22. The first-order valence-corrected chi connectivity index (χ1v) is 7.53. The smallest absolute Gasteiger partial charge is 0.0941 e. The first-order valence-electron chi connectivity index (χ1n) is 7.53. The highest BCUT2D eigenvalue weighted by molar-refractivity contribution is 5.67. The van der Waals surface area contributed by atoms with Gasteiger partial charge in [0.2, 0.25) is 0 Å². The lowest BCUT2D eigenvalue weighted by Gasteiger charge is -2.14. The predicted octanol–water partition coefficient (Wildman–Crippen LogP) is 4.22. The highest BCUT2D eigenvalue weighted by atomic mass is 14.9. The summed E-state index contributed by atoms with van der Waals surface area (Å²) in [7, 11) is 0. The molecule has 0 aliphatic heterocycles. The van der Waals surface area contributed by atoms with Gasteiger partial charge in [-0.1, -0.05) is 67.6 Å². The van der Waals surface area contributed by atoms with E-state index < -0.39 is 0 Å². The summed E-state index contributed by atoms with van der Waals surface area (Å²) in [6.45, 7) is 2.06. The molecular weight excluding hydrogens is 270 g/mol. The number of hydrogen-bond donors (Lipinski definition) is 1. The average molecular weight is 289 g/mol. The van der Waals surface area contributed by atoms with Crippen molar-refractivity contribution in [3.63, 3.8) is 0 Å². The van der Waals surface area contributed by atoms with Gasteiger partial charge in [-0.05, 0) is 6.42 Å². The van der Waals surface area contributed by atoms with Gasteiger partial charge in [-0.25, -0.2) is 4.98 Å². The van der Waals surface area contributed by atoms with Crippen molar-refractivity contribution in [3.05, 3.63) is 72.6 Å². The highest BCUT2D eigenvalue weighted by Gasteiger charge is 2.15. The summed E-state index contributed by atoms with van der Waals surface area (Å²) in [6, 6.07) is 20.1. The molecule has 1 heterocycles. The van der Waals surface area contributed by atoms with Crippen LogP contribution in [0.3, 0.4) is 0 Å². The van der Waals surface area contributed by atoms with E-state index in [4.69, 9.17) is 10.7 Å². The number of nitrogens with two attached hydrogens (primary N) is 1. The molecule has 2 aromatic carbocycles. The Morgan fingerprint density at radius 2 is 1.50 bits per heavy atom. The van der Waals surface area contributed by atoms with Crippen LogP contribution in [0.15, 0.2) is 66.9 Å². The van der Waals surface area contributed by atoms with Crippen molar-refractivity contribution in [2.45, 2.75) is 19.4 Å². The van der Waals surface area contributed by atoms with Gasteiger partial charge < -0.3 is 5.73 Å². The van der Waals surface area contributed by atoms with Crippen molar-refractivity contribution >= 4 is 0 Å². The van der Waals surface area contributed by atoms with Crippen molar-refractivity contribution in [1.29, 1.82) is 0 Å². The Morgan fingerprint density at radius 1 is 0.909 bits per heavy atom. The lowest BCUT2D eigenvalue weighted by Crippen LogP contribution is -2.13. The van der Waals surface area contributed by atoms with E-state index in [1.165, 1.54) is 0 Å². The van der Waals surface area contributed by atoms with Crippen LogP contribution in [0.2, 0.25) is 0 Å². The van der Waals surface area contributed by atoms with Gasteiger partial charge in [-0.3, -0.25) is 4.98 Å². The predicted molar refractivity (Wildman–Crippen MR) is 90.1 cm³/mol. The molecular formula is C19H19N3. The van der Waals surface area contributed by atoms with Crippen molar-refractivity contribution in [1.82, 2.24) is 9.97 Å². The van der Waals surface area contributed by atoms with Crippen LogP contribution in [0.4, 0.5) is 0 Å². The molecule has 2 N–H and O–H groups in total. The maximum Gasteiger partial charge on any atom is 0.0941 e. The molecule has 3 heteroatoms. The zero-order valence-electron chi connectivity index (χ0n) is 12.6. The molecule has 3 aromatic rings. The van der Waals surface area contributed by atoms with Crippen LogP contribution in [0.25, 0.3) is 22.5 Å². The van der Waals surface area contributed by atoms with Crippen molar-refractivity contribution in [2.24, 2.45) is 5.73 Å². The zero-order valence-corrected chi connectivity index (χ0v) is 12.6. The SMILES string of the molecule is CCC(N)c1ncc(-c2ccccc2)nc1-c1ccccc1. The Bertz CT molecular complexity index is 739. The van der Waals surface area contributed by atoms with Gasteiger partial charge in [-0.15, -0.1) is 0 Å². The number of hydrogen-bond acceptors (Lipinski definition) is 3. The third-order valence-electron chi connectivity index (χ3n) is 3.71. The summed E-state index contributed by atoms with van der Waals surface area (Å²) in [5.74, 6) is 0. The van der Waals surface area contributed by atoms with E-state index >= 15 is 0 Å². The van der Waals surface area contributed by atoms with E-state index in [1.54, 1.807) is 0 Å². The van der Waals surface area contributed by atoms with E-state index in [1.807, 2.05) is 66.9 Å². The lowest BCUT2D eigenvalue weighted by molar-refractivity contribution is 0.674. The second-order valence-corrected chi connectivity index (χ2v) is 5.24. The van der Waals surface area contributed by atoms with Gasteiger partial charge in [0, 0.05) is 17.2 Å². The molecule has 1 aromatic heterocycles. The fraction of sp³-hybridized carbons (Fsp3) is 0.158. The first-order chi connectivity index (χ1) is 10.8. The van der Waals surface area contributed by atoms with Crippen molar-refractivity contribution in [2.75, 3.05) is 0 Å². The minimum atomic E-state index is -0.104. The normalized spacial score (nSPS) is 12.1. The van der Waals surface area contributed by atoms with Gasteiger partial charge in [0.05, 0.1) is 23.3 Å². The highest BCUT2D eigenvalue weighted by Crippen LogP contribution is 2.28. The number of rotatable bonds is 4. The summed E-state index contributed by atoms with van der Waals surface area (Å²) in [5.41, 5.74) is 10.9. The van der Waals surface area contributed by atoms with E-state index in [0.29, 0.717) is 0 Å². The first kappa shape index (κ1) is 14.4. The molecule has 0 saturated carbocycles. The third kappa shape index (κ3) is 2.90. The largest absolute Gasteiger partial charge is 0.323 e. The van der Waals surface area contributed by atoms with E-state index in [-0.39, 0.29) is 6.04 Å².